The Labute approximate surface area is 117 Å². The molecule has 0 radical (unpaired) electrons. The molecule has 1 unspecified atom stereocenters. The summed E-state index contributed by atoms with van der Waals surface area (Å²) in [6.45, 7) is 12.2. The van der Waals surface area contributed by atoms with E-state index in [2.05, 4.69) is 42.7 Å². The lowest BCUT2D eigenvalue weighted by Crippen LogP contribution is -2.47. The number of nitrogens with one attached hydrogen (secondary N) is 1. The second-order valence-corrected chi connectivity index (χ2v) is 8.27. The molecule has 2 nitrogen and oxygen atoms in total. The zero-order chi connectivity index (χ0) is 13.0. The Morgan fingerprint density at radius 1 is 1.22 bits per heavy atom. The minimum absolute atomic E-state index is 0.380. The van der Waals surface area contributed by atoms with Crippen molar-refractivity contribution in [1.82, 2.24) is 10.2 Å². The Morgan fingerprint density at radius 3 is 2.61 bits per heavy atom. The summed E-state index contributed by atoms with van der Waals surface area (Å²) in [5, 5.41) is 3.74. The van der Waals surface area contributed by atoms with Crippen LogP contribution in [0.25, 0.3) is 0 Å². The van der Waals surface area contributed by atoms with E-state index in [1.54, 1.807) is 0 Å². The van der Waals surface area contributed by atoms with Gasteiger partial charge in [0.15, 0.2) is 0 Å². The van der Waals surface area contributed by atoms with E-state index in [9.17, 15) is 0 Å². The van der Waals surface area contributed by atoms with Gasteiger partial charge in [0, 0.05) is 19.1 Å². The van der Waals surface area contributed by atoms with Gasteiger partial charge in [-0.2, -0.15) is 11.8 Å². The first-order valence-corrected chi connectivity index (χ1v) is 8.74. The first-order chi connectivity index (χ1) is 8.55. The Bertz CT molecular complexity index is 243. The van der Waals surface area contributed by atoms with Crippen LogP contribution in [-0.2, 0) is 0 Å². The van der Waals surface area contributed by atoms with Crippen LogP contribution >= 0.6 is 11.8 Å². The molecule has 0 aromatic heterocycles. The van der Waals surface area contributed by atoms with Gasteiger partial charge in [0.25, 0.3) is 0 Å². The molecule has 1 N–H and O–H groups in total. The molecular formula is C15H30N2S. The Balaban J connectivity index is 1.86. The summed E-state index contributed by atoms with van der Waals surface area (Å²) in [6, 6.07) is 0.651. The highest BCUT2D eigenvalue weighted by Gasteiger charge is 2.29. The molecule has 0 spiro atoms. The van der Waals surface area contributed by atoms with E-state index in [-0.39, 0.29) is 0 Å². The molecule has 0 saturated carbocycles. The van der Waals surface area contributed by atoms with Gasteiger partial charge in [-0.15, -0.1) is 0 Å². The fraction of sp³-hybridized carbons (Fsp3) is 1.00. The maximum atomic E-state index is 3.74. The monoisotopic (exact) mass is 270 g/mol. The van der Waals surface area contributed by atoms with Crippen LogP contribution in [0.4, 0.5) is 0 Å². The van der Waals surface area contributed by atoms with Gasteiger partial charge in [-0.05, 0) is 55.2 Å². The highest BCUT2D eigenvalue weighted by molar-refractivity contribution is 7.99. The summed E-state index contributed by atoms with van der Waals surface area (Å²) in [7, 11) is 0. The average Bonchev–Trinajstić information content (AvgIpc) is 2.55. The quantitative estimate of drug-likeness (QED) is 0.830. The molecule has 106 valence electrons. The fourth-order valence-electron chi connectivity index (χ4n) is 3.03. The van der Waals surface area contributed by atoms with Crippen molar-refractivity contribution in [2.45, 2.75) is 46.1 Å². The molecule has 0 aliphatic carbocycles. The smallest absolute Gasteiger partial charge is 0.0243 e. The molecule has 0 amide bonds. The molecule has 2 aliphatic heterocycles. The van der Waals surface area contributed by atoms with Gasteiger partial charge >= 0.3 is 0 Å². The zero-order valence-corrected chi connectivity index (χ0v) is 13.2. The van der Waals surface area contributed by atoms with E-state index in [0.717, 1.165) is 5.92 Å². The molecule has 0 aromatic rings. The van der Waals surface area contributed by atoms with E-state index < -0.39 is 0 Å². The molecule has 3 heteroatoms. The first-order valence-electron chi connectivity index (χ1n) is 7.59. The topological polar surface area (TPSA) is 15.3 Å². The standard InChI is InChI=1S/C15H30N2S/c1-15(2,3)14-12-17(8-4-7-16-14)11-13-5-9-18-10-6-13/h13-14,16H,4-12H2,1-3H3. The van der Waals surface area contributed by atoms with Crippen molar-refractivity contribution < 1.29 is 0 Å². The SMILES string of the molecule is CC(C)(C)C1CN(CC2CCSCC2)CCCN1. The molecular weight excluding hydrogens is 240 g/mol. The van der Waals surface area contributed by atoms with Crippen molar-refractivity contribution >= 4 is 11.8 Å². The third kappa shape index (κ3) is 4.43. The van der Waals surface area contributed by atoms with E-state index in [0.29, 0.717) is 11.5 Å². The third-order valence-electron chi connectivity index (χ3n) is 4.39. The van der Waals surface area contributed by atoms with Crippen molar-refractivity contribution in [1.29, 1.82) is 0 Å². The Hall–Kier alpha value is 0.270. The lowest BCUT2D eigenvalue weighted by molar-refractivity contribution is 0.174. The van der Waals surface area contributed by atoms with Gasteiger partial charge in [-0.3, -0.25) is 0 Å². The summed E-state index contributed by atoms with van der Waals surface area (Å²) < 4.78 is 0. The van der Waals surface area contributed by atoms with Crippen LogP contribution in [0.3, 0.4) is 0 Å². The number of thioether (sulfide) groups is 1. The van der Waals surface area contributed by atoms with Crippen LogP contribution in [0.5, 0.6) is 0 Å². The number of hydrogen-bond acceptors (Lipinski definition) is 3. The van der Waals surface area contributed by atoms with E-state index in [1.807, 2.05) is 0 Å². The fourth-order valence-corrected chi connectivity index (χ4v) is 4.24. The van der Waals surface area contributed by atoms with Crippen LogP contribution in [0.2, 0.25) is 0 Å². The van der Waals surface area contributed by atoms with Gasteiger partial charge in [-0.1, -0.05) is 20.8 Å². The maximum Gasteiger partial charge on any atom is 0.0243 e. The van der Waals surface area contributed by atoms with Crippen LogP contribution < -0.4 is 5.32 Å². The Kier molecular flexibility index (Phi) is 5.40. The van der Waals surface area contributed by atoms with Gasteiger partial charge in [0.05, 0.1) is 0 Å². The van der Waals surface area contributed by atoms with Crippen molar-refractivity contribution in [2.75, 3.05) is 37.7 Å². The summed E-state index contributed by atoms with van der Waals surface area (Å²) in [4.78, 5) is 2.73. The molecule has 2 saturated heterocycles. The summed E-state index contributed by atoms with van der Waals surface area (Å²) in [5.41, 5.74) is 0.380. The van der Waals surface area contributed by atoms with Crippen LogP contribution in [-0.4, -0.2) is 48.6 Å². The highest BCUT2D eigenvalue weighted by atomic mass is 32.2. The second-order valence-electron chi connectivity index (χ2n) is 7.04. The second kappa shape index (κ2) is 6.62. The van der Waals surface area contributed by atoms with Crippen molar-refractivity contribution in [2.24, 2.45) is 11.3 Å². The van der Waals surface area contributed by atoms with E-state index >= 15 is 0 Å². The molecule has 2 fully saturated rings. The zero-order valence-electron chi connectivity index (χ0n) is 12.4. The van der Waals surface area contributed by atoms with Crippen LogP contribution in [0, 0.1) is 11.3 Å². The molecule has 2 aliphatic rings. The van der Waals surface area contributed by atoms with Gasteiger partial charge in [0.1, 0.15) is 0 Å². The van der Waals surface area contributed by atoms with Crippen molar-refractivity contribution in [3.8, 4) is 0 Å². The predicted octanol–water partition coefficient (Wildman–Crippen LogP) is 2.84. The molecule has 0 bridgehead atoms. The number of hydrogen-bond donors (Lipinski definition) is 1. The van der Waals surface area contributed by atoms with E-state index in [1.165, 1.54) is 56.9 Å². The van der Waals surface area contributed by atoms with Crippen LogP contribution in [0.15, 0.2) is 0 Å². The highest BCUT2D eigenvalue weighted by Crippen LogP contribution is 2.26. The Morgan fingerprint density at radius 2 is 1.94 bits per heavy atom. The van der Waals surface area contributed by atoms with Crippen molar-refractivity contribution in [3.05, 3.63) is 0 Å². The lowest BCUT2D eigenvalue weighted by atomic mass is 9.86. The van der Waals surface area contributed by atoms with Gasteiger partial charge in [0.2, 0.25) is 0 Å². The van der Waals surface area contributed by atoms with Gasteiger partial charge < -0.3 is 10.2 Å². The number of nitrogens with zero attached hydrogens (tertiary/aromatic N) is 1. The molecule has 2 rings (SSSR count). The van der Waals surface area contributed by atoms with E-state index in [4.69, 9.17) is 0 Å². The molecule has 2 heterocycles. The molecule has 1 atom stereocenters. The summed E-state index contributed by atoms with van der Waals surface area (Å²) in [5.74, 6) is 3.74. The maximum absolute atomic E-state index is 3.74. The number of rotatable bonds is 2. The lowest BCUT2D eigenvalue weighted by Gasteiger charge is -2.35. The summed E-state index contributed by atoms with van der Waals surface area (Å²) >= 11 is 2.14. The first kappa shape index (κ1) is 14.7. The summed E-state index contributed by atoms with van der Waals surface area (Å²) in [6.07, 6.45) is 4.19. The molecule has 0 aromatic carbocycles. The normalized spacial score (nSPS) is 29.2. The third-order valence-corrected chi connectivity index (χ3v) is 5.43. The van der Waals surface area contributed by atoms with Gasteiger partial charge in [-0.25, -0.2) is 0 Å². The minimum Gasteiger partial charge on any atom is -0.312 e. The van der Waals surface area contributed by atoms with Crippen LogP contribution in [0.1, 0.15) is 40.0 Å². The average molecular weight is 270 g/mol. The minimum atomic E-state index is 0.380. The largest absolute Gasteiger partial charge is 0.312 e. The van der Waals surface area contributed by atoms with Crippen molar-refractivity contribution in [3.63, 3.8) is 0 Å². The predicted molar refractivity (Wildman–Crippen MR) is 82.4 cm³/mol. The molecule has 18 heavy (non-hydrogen) atoms.